The van der Waals surface area contributed by atoms with Gasteiger partial charge in [0.15, 0.2) is 0 Å². The van der Waals surface area contributed by atoms with Gasteiger partial charge in [-0.05, 0) is 43.9 Å². The number of nitrogens with one attached hydrogen (secondary N) is 1. The van der Waals surface area contributed by atoms with E-state index in [1.807, 2.05) is 18.2 Å². The van der Waals surface area contributed by atoms with Crippen molar-refractivity contribution in [2.45, 2.75) is 25.8 Å². The van der Waals surface area contributed by atoms with Gasteiger partial charge in [-0.3, -0.25) is 0 Å². The van der Waals surface area contributed by atoms with Crippen LogP contribution >= 0.6 is 11.6 Å². The Morgan fingerprint density at radius 2 is 2.23 bits per heavy atom. The van der Waals surface area contributed by atoms with E-state index >= 15 is 0 Å². The summed E-state index contributed by atoms with van der Waals surface area (Å²) in [5.74, 6) is 0.874. The predicted octanol–water partition coefficient (Wildman–Crippen LogP) is 3.55. The first-order valence-electron chi connectivity index (χ1n) is 4.78. The van der Waals surface area contributed by atoms with Crippen LogP contribution in [0.1, 0.15) is 19.8 Å². The zero-order chi connectivity index (χ0) is 9.26. The Labute approximate surface area is 84.1 Å². The van der Waals surface area contributed by atoms with Gasteiger partial charge in [-0.15, -0.1) is 0 Å². The van der Waals surface area contributed by atoms with E-state index < -0.39 is 0 Å². The standard InChI is InChI=1S/C11H14ClN/c1-8(9-5-6-9)13-11-4-2-3-10(12)7-11/h2-4,7-9,13H,5-6H2,1H3/t8-/m1/s1. The molecule has 2 rings (SSSR count). The average Bonchev–Trinajstić information content (AvgIpc) is 2.85. The van der Waals surface area contributed by atoms with Crippen molar-refractivity contribution in [3.63, 3.8) is 0 Å². The quantitative estimate of drug-likeness (QED) is 0.778. The molecule has 1 aromatic rings. The largest absolute Gasteiger partial charge is 0.382 e. The zero-order valence-corrected chi connectivity index (χ0v) is 8.51. The first-order chi connectivity index (χ1) is 6.25. The van der Waals surface area contributed by atoms with Gasteiger partial charge in [0.05, 0.1) is 0 Å². The first-order valence-corrected chi connectivity index (χ1v) is 5.15. The van der Waals surface area contributed by atoms with Gasteiger partial charge in [0.25, 0.3) is 0 Å². The maximum Gasteiger partial charge on any atom is 0.0426 e. The molecule has 1 N–H and O–H groups in total. The number of anilines is 1. The summed E-state index contributed by atoms with van der Waals surface area (Å²) in [4.78, 5) is 0. The molecule has 1 aromatic carbocycles. The molecule has 1 saturated carbocycles. The summed E-state index contributed by atoms with van der Waals surface area (Å²) < 4.78 is 0. The molecule has 1 aliphatic rings. The number of benzene rings is 1. The monoisotopic (exact) mass is 195 g/mol. The normalized spacial score (nSPS) is 18.3. The van der Waals surface area contributed by atoms with Crippen molar-refractivity contribution in [1.29, 1.82) is 0 Å². The SMILES string of the molecule is C[C@@H](Nc1cccc(Cl)c1)C1CC1. The molecular weight excluding hydrogens is 182 g/mol. The Balaban J connectivity index is 2.00. The maximum atomic E-state index is 5.88. The van der Waals surface area contributed by atoms with E-state index in [0.717, 1.165) is 16.6 Å². The number of halogens is 1. The molecule has 0 aliphatic heterocycles. The molecule has 2 heteroatoms. The molecule has 0 aromatic heterocycles. The van der Waals surface area contributed by atoms with Crippen LogP contribution in [-0.2, 0) is 0 Å². The highest BCUT2D eigenvalue weighted by Gasteiger charge is 2.27. The van der Waals surface area contributed by atoms with Crippen LogP contribution in [0.4, 0.5) is 5.69 Å². The zero-order valence-electron chi connectivity index (χ0n) is 7.76. The van der Waals surface area contributed by atoms with Gasteiger partial charge in [0.1, 0.15) is 0 Å². The van der Waals surface area contributed by atoms with Crippen molar-refractivity contribution in [3.05, 3.63) is 29.3 Å². The van der Waals surface area contributed by atoms with Crippen LogP contribution in [0.2, 0.25) is 5.02 Å². The first kappa shape index (κ1) is 8.89. The fourth-order valence-corrected chi connectivity index (χ4v) is 1.75. The Morgan fingerprint density at radius 3 is 2.85 bits per heavy atom. The summed E-state index contributed by atoms with van der Waals surface area (Å²) in [6.07, 6.45) is 2.74. The third-order valence-corrected chi connectivity index (χ3v) is 2.78. The van der Waals surface area contributed by atoms with Gasteiger partial charge >= 0.3 is 0 Å². The molecule has 0 heterocycles. The fraction of sp³-hybridized carbons (Fsp3) is 0.455. The van der Waals surface area contributed by atoms with E-state index in [0.29, 0.717) is 6.04 Å². The van der Waals surface area contributed by atoms with Crippen LogP contribution < -0.4 is 5.32 Å². The van der Waals surface area contributed by atoms with E-state index in [9.17, 15) is 0 Å². The molecule has 0 saturated heterocycles. The summed E-state index contributed by atoms with van der Waals surface area (Å²) in [5, 5.41) is 4.26. The smallest absolute Gasteiger partial charge is 0.0426 e. The van der Waals surface area contributed by atoms with E-state index in [1.165, 1.54) is 12.8 Å². The van der Waals surface area contributed by atoms with Gasteiger partial charge < -0.3 is 5.32 Å². The summed E-state index contributed by atoms with van der Waals surface area (Å²) >= 11 is 5.88. The van der Waals surface area contributed by atoms with Crippen LogP contribution in [0.5, 0.6) is 0 Å². The molecule has 0 radical (unpaired) electrons. The minimum atomic E-state index is 0.582. The van der Waals surface area contributed by atoms with Crippen molar-refractivity contribution < 1.29 is 0 Å². The highest BCUT2D eigenvalue weighted by molar-refractivity contribution is 6.30. The minimum Gasteiger partial charge on any atom is -0.382 e. The van der Waals surface area contributed by atoms with E-state index in [-0.39, 0.29) is 0 Å². The lowest BCUT2D eigenvalue weighted by Gasteiger charge is -2.14. The molecular formula is C11H14ClN. The lowest BCUT2D eigenvalue weighted by molar-refractivity contribution is 0.694. The second-order valence-electron chi connectivity index (χ2n) is 3.78. The molecule has 1 atom stereocenters. The highest BCUT2D eigenvalue weighted by Crippen LogP contribution is 2.34. The molecule has 1 aliphatic carbocycles. The second-order valence-corrected chi connectivity index (χ2v) is 4.22. The summed E-state index contributed by atoms with van der Waals surface area (Å²) in [6, 6.07) is 8.49. The van der Waals surface area contributed by atoms with Crippen LogP contribution in [-0.4, -0.2) is 6.04 Å². The fourth-order valence-electron chi connectivity index (χ4n) is 1.56. The lowest BCUT2D eigenvalue weighted by Crippen LogP contribution is -2.16. The van der Waals surface area contributed by atoms with Gasteiger partial charge in [-0.2, -0.15) is 0 Å². The Bertz CT molecular complexity index is 294. The molecule has 1 nitrogen and oxygen atoms in total. The van der Waals surface area contributed by atoms with Crippen molar-refractivity contribution in [1.82, 2.24) is 0 Å². The number of hydrogen-bond donors (Lipinski definition) is 1. The van der Waals surface area contributed by atoms with Gasteiger partial charge in [0, 0.05) is 16.8 Å². The Kier molecular flexibility index (Phi) is 2.45. The molecule has 0 unspecified atom stereocenters. The van der Waals surface area contributed by atoms with Gasteiger partial charge in [-0.1, -0.05) is 17.7 Å². The maximum absolute atomic E-state index is 5.88. The van der Waals surface area contributed by atoms with Crippen LogP contribution in [0.15, 0.2) is 24.3 Å². The van der Waals surface area contributed by atoms with Crippen LogP contribution in [0.25, 0.3) is 0 Å². The van der Waals surface area contributed by atoms with Crippen LogP contribution in [0.3, 0.4) is 0 Å². The Morgan fingerprint density at radius 1 is 1.46 bits per heavy atom. The molecule has 1 fully saturated rings. The van der Waals surface area contributed by atoms with Crippen LogP contribution in [0, 0.1) is 5.92 Å². The van der Waals surface area contributed by atoms with Gasteiger partial charge in [-0.25, -0.2) is 0 Å². The van der Waals surface area contributed by atoms with Crippen molar-refractivity contribution in [2.24, 2.45) is 5.92 Å². The van der Waals surface area contributed by atoms with Gasteiger partial charge in [0.2, 0.25) is 0 Å². The van der Waals surface area contributed by atoms with E-state index in [4.69, 9.17) is 11.6 Å². The van der Waals surface area contributed by atoms with E-state index in [2.05, 4.69) is 18.3 Å². The Hall–Kier alpha value is -0.690. The third kappa shape index (κ3) is 2.38. The van der Waals surface area contributed by atoms with Crippen molar-refractivity contribution in [3.8, 4) is 0 Å². The molecule has 13 heavy (non-hydrogen) atoms. The molecule has 70 valence electrons. The summed E-state index contributed by atoms with van der Waals surface area (Å²) in [5.41, 5.74) is 1.13. The highest BCUT2D eigenvalue weighted by atomic mass is 35.5. The average molecular weight is 196 g/mol. The molecule has 0 spiro atoms. The van der Waals surface area contributed by atoms with Crippen molar-refractivity contribution >= 4 is 17.3 Å². The van der Waals surface area contributed by atoms with Crippen molar-refractivity contribution in [2.75, 3.05) is 5.32 Å². The third-order valence-electron chi connectivity index (χ3n) is 2.55. The summed E-state index contributed by atoms with van der Waals surface area (Å²) in [7, 11) is 0. The topological polar surface area (TPSA) is 12.0 Å². The minimum absolute atomic E-state index is 0.582. The number of hydrogen-bond acceptors (Lipinski definition) is 1. The summed E-state index contributed by atoms with van der Waals surface area (Å²) in [6.45, 7) is 2.23. The number of rotatable bonds is 3. The second kappa shape index (κ2) is 3.59. The molecule has 0 bridgehead atoms. The lowest BCUT2D eigenvalue weighted by atomic mass is 10.2. The van der Waals surface area contributed by atoms with E-state index in [1.54, 1.807) is 0 Å². The predicted molar refractivity (Wildman–Crippen MR) is 57.3 cm³/mol. The molecule has 0 amide bonds.